The van der Waals surface area contributed by atoms with Gasteiger partial charge in [-0.05, 0) is 63.4 Å². The fourth-order valence-corrected chi connectivity index (χ4v) is 3.62. The maximum absolute atomic E-state index is 13.1. The molecule has 124 valence electrons. The van der Waals surface area contributed by atoms with Crippen molar-refractivity contribution in [3.05, 3.63) is 34.9 Å². The topological polar surface area (TPSA) is 12.5 Å². The molecule has 1 fully saturated rings. The molecule has 1 aliphatic carbocycles. The number of halogens is 3. The third-order valence-corrected chi connectivity index (χ3v) is 4.84. The number of benzene rings is 1. The molecule has 0 saturated heterocycles. The lowest BCUT2D eigenvalue weighted by Crippen LogP contribution is -2.44. The van der Waals surface area contributed by atoms with Gasteiger partial charge in [0.1, 0.15) is 0 Å². The summed E-state index contributed by atoms with van der Waals surface area (Å²) in [4.78, 5) is 2.11. The van der Waals surface area contributed by atoms with E-state index >= 15 is 0 Å². The van der Waals surface area contributed by atoms with Gasteiger partial charge in [0.05, 0.1) is 11.7 Å². The number of hydrogen-bond acceptors (Lipinski definition) is 2. The van der Waals surface area contributed by atoms with Gasteiger partial charge in [0, 0.05) is 13.2 Å². The molecule has 0 amide bonds. The minimum Gasteiger partial charge on any atom is -0.380 e. The molecule has 0 N–H and O–H groups in total. The van der Waals surface area contributed by atoms with Gasteiger partial charge in [-0.2, -0.15) is 13.2 Å². The van der Waals surface area contributed by atoms with E-state index in [4.69, 9.17) is 4.74 Å². The van der Waals surface area contributed by atoms with Crippen molar-refractivity contribution >= 4 is 0 Å². The van der Waals surface area contributed by atoms with E-state index < -0.39 is 11.7 Å². The van der Waals surface area contributed by atoms with Gasteiger partial charge in [-0.3, -0.25) is 0 Å². The first-order valence-corrected chi connectivity index (χ1v) is 7.61. The number of alkyl halides is 3. The standard InChI is InChI=1S/C17H24F3NO/c1-11-13(6-5-7-14(11)17(18,19)20)12-8-9-16(22-4)15(10-12)21(2)3/h5-7,12,15-16H,8-10H2,1-4H3/t12-,15-,16-/m0/s1. The van der Waals surface area contributed by atoms with Crippen LogP contribution in [0.2, 0.25) is 0 Å². The van der Waals surface area contributed by atoms with Gasteiger partial charge in [0.15, 0.2) is 0 Å². The second kappa shape index (κ2) is 6.59. The van der Waals surface area contributed by atoms with Gasteiger partial charge in [-0.15, -0.1) is 0 Å². The number of likely N-dealkylation sites (N-methyl/N-ethyl adjacent to an activating group) is 1. The minimum atomic E-state index is -4.29. The average molecular weight is 315 g/mol. The number of methoxy groups -OCH3 is 1. The summed E-state index contributed by atoms with van der Waals surface area (Å²) in [5, 5.41) is 0. The average Bonchev–Trinajstić information content (AvgIpc) is 2.45. The summed E-state index contributed by atoms with van der Waals surface area (Å²) in [7, 11) is 5.70. The molecular formula is C17H24F3NO. The zero-order valence-electron chi connectivity index (χ0n) is 13.6. The molecule has 0 aliphatic heterocycles. The van der Waals surface area contributed by atoms with Crippen LogP contribution >= 0.6 is 0 Å². The van der Waals surface area contributed by atoms with Crippen molar-refractivity contribution in [1.82, 2.24) is 4.90 Å². The smallest absolute Gasteiger partial charge is 0.380 e. The van der Waals surface area contributed by atoms with E-state index in [0.717, 1.165) is 24.8 Å². The Morgan fingerprint density at radius 2 is 1.86 bits per heavy atom. The Morgan fingerprint density at radius 1 is 1.18 bits per heavy atom. The van der Waals surface area contributed by atoms with Crippen LogP contribution in [0.3, 0.4) is 0 Å². The van der Waals surface area contributed by atoms with E-state index in [1.54, 1.807) is 14.0 Å². The third kappa shape index (κ3) is 3.46. The SMILES string of the molecule is CO[C@H]1CC[C@H](c2cccc(C(F)(F)F)c2C)C[C@@H]1N(C)C. The summed E-state index contributed by atoms with van der Waals surface area (Å²) < 4.78 is 44.8. The third-order valence-electron chi connectivity index (χ3n) is 4.84. The van der Waals surface area contributed by atoms with Crippen molar-refractivity contribution in [2.75, 3.05) is 21.2 Å². The Labute approximate surface area is 130 Å². The quantitative estimate of drug-likeness (QED) is 0.828. The fourth-order valence-electron chi connectivity index (χ4n) is 3.62. The molecule has 2 rings (SSSR count). The molecule has 0 spiro atoms. The normalized spacial score (nSPS) is 26.5. The van der Waals surface area contributed by atoms with Crippen molar-refractivity contribution in [2.45, 2.75) is 50.4 Å². The van der Waals surface area contributed by atoms with Crippen molar-refractivity contribution in [1.29, 1.82) is 0 Å². The Hall–Kier alpha value is -1.07. The second-order valence-corrected chi connectivity index (χ2v) is 6.33. The highest BCUT2D eigenvalue weighted by atomic mass is 19.4. The zero-order chi connectivity index (χ0) is 16.5. The number of hydrogen-bond donors (Lipinski definition) is 0. The summed E-state index contributed by atoms with van der Waals surface area (Å²) >= 11 is 0. The van der Waals surface area contributed by atoms with Crippen molar-refractivity contribution < 1.29 is 17.9 Å². The fraction of sp³-hybridized carbons (Fsp3) is 0.647. The lowest BCUT2D eigenvalue weighted by molar-refractivity contribution is -0.138. The van der Waals surface area contributed by atoms with Crippen LogP contribution in [0.4, 0.5) is 13.2 Å². The Bertz CT molecular complexity index is 513. The van der Waals surface area contributed by atoms with Crippen LogP contribution < -0.4 is 0 Å². The Balaban J connectivity index is 2.29. The lowest BCUT2D eigenvalue weighted by Gasteiger charge is -2.39. The molecule has 2 nitrogen and oxygen atoms in total. The maximum atomic E-state index is 13.1. The van der Waals surface area contributed by atoms with Crippen LogP contribution in [0.25, 0.3) is 0 Å². The number of rotatable bonds is 3. The zero-order valence-corrected chi connectivity index (χ0v) is 13.6. The Morgan fingerprint density at radius 3 is 2.41 bits per heavy atom. The Kier molecular flexibility index (Phi) is 5.17. The van der Waals surface area contributed by atoms with Crippen LogP contribution in [0, 0.1) is 6.92 Å². The molecule has 1 saturated carbocycles. The van der Waals surface area contributed by atoms with E-state index in [2.05, 4.69) is 4.90 Å². The van der Waals surface area contributed by atoms with Gasteiger partial charge < -0.3 is 9.64 Å². The molecule has 1 aliphatic rings. The largest absolute Gasteiger partial charge is 0.416 e. The van der Waals surface area contributed by atoms with E-state index in [9.17, 15) is 13.2 Å². The number of ether oxygens (including phenoxy) is 1. The van der Waals surface area contributed by atoms with Crippen molar-refractivity contribution in [3.8, 4) is 0 Å². The molecule has 0 unspecified atom stereocenters. The van der Waals surface area contributed by atoms with Crippen LogP contribution in [-0.4, -0.2) is 38.3 Å². The van der Waals surface area contributed by atoms with Gasteiger partial charge in [0.2, 0.25) is 0 Å². The van der Waals surface area contributed by atoms with E-state index in [1.807, 2.05) is 20.2 Å². The first-order chi connectivity index (χ1) is 10.3. The van der Waals surface area contributed by atoms with Crippen molar-refractivity contribution in [2.24, 2.45) is 0 Å². The summed E-state index contributed by atoms with van der Waals surface area (Å²) in [6, 6.07) is 4.77. The minimum absolute atomic E-state index is 0.150. The van der Waals surface area contributed by atoms with Crippen LogP contribution in [-0.2, 0) is 10.9 Å². The van der Waals surface area contributed by atoms with E-state index in [1.165, 1.54) is 12.1 Å². The van der Waals surface area contributed by atoms with Gasteiger partial charge in [-0.1, -0.05) is 12.1 Å². The molecule has 22 heavy (non-hydrogen) atoms. The van der Waals surface area contributed by atoms with Crippen molar-refractivity contribution in [3.63, 3.8) is 0 Å². The number of nitrogens with zero attached hydrogens (tertiary/aromatic N) is 1. The lowest BCUT2D eigenvalue weighted by atomic mass is 9.77. The van der Waals surface area contributed by atoms with Crippen LogP contribution in [0.15, 0.2) is 18.2 Å². The predicted octanol–water partition coefficient (Wildman–Crippen LogP) is 4.23. The molecule has 1 aromatic rings. The first-order valence-electron chi connectivity index (χ1n) is 7.61. The van der Waals surface area contributed by atoms with Gasteiger partial charge in [0.25, 0.3) is 0 Å². The van der Waals surface area contributed by atoms with Crippen LogP contribution in [0.5, 0.6) is 0 Å². The molecule has 5 heteroatoms. The molecular weight excluding hydrogens is 291 g/mol. The maximum Gasteiger partial charge on any atom is 0.416 e. The molecule has 0 aromatic heterocycles. The molecule has 1 aromatic carbocycles. The highest BCUT2D eigenvalue weighted by Crippen LogP contribution is 2.40. The monoisotopic (exact) mass is 315 g/mol. The highest BCUT2D eigenvalue weighted by molar-refractivity contribution is 5.38. The van der Waals surface area contributed by atoms with E-state index in [-0.39, 0.29) is 18.1 Å². The first kappa shape index (κ1) is 17.3. The highest BCUT2D eigenvalue weighted by Gasteiger charge is 2.36. The molecule has 3 atom stereocenters. The second-order valence-electron chi connectivity index (χ2n) is 6.33. The van der Waals surface area contributed by atoms with Gasteiger partial charge in [-0.25, -0.2) is 0 Å². The van der Waals surface area contributed by atoms with Crippen LogP contribution in [0.1, 0.15) is 41.9 Å². The summed E-state index contributed by atoms with van der Waals surface area (Å²) in [6.07, 6.45) is -1.57. The summed E-state index contributed by atoms with van der Waals surface area (Å²) in [5.74, 6) is 0.154. The van der Waals surface area contributed by atoms with E-state index in [0.29, 0.717) is 5.56 Å². The molecule has 0 heterocycles. The summed E-state index contributed by atoms with van der Waals surface area (Å²) in [5.41, 5.74) is 0.685. The summed E-state index contributed by atoms with van der Waals surface area (Å²) in [6.45, 7) is 1.59. The molecule has 0 radical (unpaired) electrons. The molecule has 0 bridgehead atoms. The van der Waals surface area contributed by atoms with Gasteiger partial charge >= 0.3 is 6.18 Å². The predicted molar refractivity (Wildman–Crippen MR) is 81.0 cm³/mol.